The van der Waals surface area contributed by atoms with E-state index in [0.29, 0.717) is 12.1 Å². The zero-order chi connectivity index (χ0) is 12.4. The number of carboxylic acid groups (broad SMARTS) is 1. The van der Waals surface area contributed by atoms with Gasteiger partial charge in [-0.25, -0.2) is 9.80 Å². The second-order valence-corrected chi connectivity index (χ2v) is 3.75. The molecule has 88 valence electrons. The molecular formula is C12H12N2O3. The number of carbonyl (C=O) groups excluding carboxylic acids is 1. The van der Waals surface area contributed by atoms with Crippen LogP contribution >= 0.6 is 0 Å². The van der Waals surface area contributed by atoms with E-state index in [1.165, 1.54) is 17.1 Å². The second-order valence-electron chi connectivity index (χ2n) is 3.75. The Bertz CT molecular complexity index is 491. The predicted molar refractivity (Wildman–Crippen MR) is 63.2 cm³/mol. The number of hydrogen-bond donors (Lipinski definition) is 1. The summed E-state index contributed by atoms with van der Waals surface area (Å²) in [6, 6.07) is 6.10. The minimum Gasteiger partial charge on any atom is -0.478 e. The van der Waals surface area contributed by atoms with Crippen molar-refractivity contribution in [3.05, 3.63) is 29.8 Å². The highest BCUT2D eigenvalue weighted by Crippen LogP contribution is 2.21. The summed E-state index contributed by atoms with van der Waals surface area (Å²) in [5.41, 5.74) is 1.64. The molecule has 1 aromatic rings. The second kappa shape index (κ2) is 4.37. The Kier molecular flexibility index (Phi) is 2.91. The lowest BCUT2D eigenvalue weighted by Gasteiger charge is -2.11. The predicted octanol–water partition coefficient (Wildman–Crippen LogP) is 1.89. The van der Waals surface area contributed by atoms with E-state index >= 15 is 0 Å². The van der Waals surface area contributed by atoms with Crippen molar-refractivity contribution >= 4 is 23.3 Å². The average molecular weight is 232 g/mol. The van der Waals surface area contributed by atoms with Gasteiger partial charge in [0.2, 0.25) is 0 Å². The molecule has 1 aliphatic rings. The first-order valence-corrected chi connectivity index (χ1v) is 5.34. The first-order chi connectivity index (χ1) is 8.11. The third-order valence-electron chi connectivity index (χ3n) is 2.60. The molecule has 0 atom stereocenters. The Hall–Kier alpha value is -2.17. The van der Waals surface area contributed by atoms with Crippen LogP contribution in [0.1, 0.15) is 30.1 Å². The Balaban J connectivity index is 2.26. The summed E-state index contributed by atoms with van der Waals surface area (Å²) < 4.78 is 0. The van der Waals surface area contributed by atoms with E-state index in [1.807, 2.05) is 6.92 Å². The summed E-state index contributed by atoms with van der Waals surface area (Å²) in [6.45, 7) is 1.95. The molecule has 5 nitrogen and oxygen atoms in total. The Morgan fingerprint density at radius 2 is 2.06 bits per heavy atom. The van der Waals surface area contributed by atoms with Gasteiger partial charge in [-0.05, 0) is 30.7 Å². The first kappa shape index (κ1) is 11.3. The molecule has 0 spiro atoms. The summed E-state index contributed by atoms with van der Waals surface area (Å²) in [5, 5.41) is 14.3. The molecular weight excluding hydrogens is 220 g/mol. The lowest BCUT2D eigenvalue weighted by atomic mass is 10.2. The molecule has 0 aliphatic carbocycles. The minimum atomic E-state index is -0.984. The van der Waals surface area contributed by atoms with Crippen molar-refractivity contribution in [2.45, 2.75) is 19.8 Å². The quantitative estimate of drug-likeness (QED) is 0.865. The smallest absolute Gasteiger partial charge is 0.335 e. The van der Waals surface area contributed by atoms with Crippen LogP contribution in [-0.4, -0.2) is 22.7 Å². The number of anilines is 1. The lowest BCUT2D eigenvalue weighted by Crippen LogP contribution is -2.19. The van der Waals surface area contributed by atoms with Crippen LogP contribution in [0.4, 0.5) is 5.69 Å². The number of carboxylic acids is 1. The maximum absolute atomic E-state index is 11.7. The molecule has 1 aliphatic heterocycles. The van der Waals surface area contributed by atoms with Gasteiger partial charge in [0, 0.05) is 5.71 Å². The van der Waals surface area contributed by atoms with Crippen LogP contribution in [0.25, 0.3) is 0 Å². The van der Waals surface area contributed by atoms with E-state index in [1.54, 1.807) is 12.1 Å². The van der Waals surface area contributed by atoms with E-state index < -0.39 is 5.97 Å². The molecule has 0 radical (unpaired) electrons. The van der Waals surface area contributed by atoms with Crippen molar-refractivity contribution in [2.75, 3.05) is 5.01 Å². The zero-order valence-electron chi connectivity index (χ0n) is 9.38. The van der Waals surface area contributed by atoms with Gasteiger partial charge in [-0.1, -0.05) is 6.92 Å². The van der Waals surface area contributed by atoms with Crippen molar-refractivity contribution in [3.8, 4) is 0 Å². The number of nitrogens with zero attached hydrogens (tertiary/aromatic N) is 2. The topological polar surface area (TPSA) is 70.0 Å². The standard InChI is InChI=1S/C12H12N2O3/c1-2-9-7-11(15)14(13-9)10-5-3-8(4-6-10)12(16)17/h3-6H,2,7H2,1H3,(H,16,17). The Morgan fingerprint density at radius 3 is 2.53 bits per heavy atom. The number of hydrogen-bond acceptors (Lipinski definition) is 3. The van der Waals surface area contributed by atoms with E-state index in [4.69, 9.17) is 5.11 Å². The van der Waals surface area contributed by atoms with Crippen LogP contribution in [0.3, 0.4) is 0 Å². The number of hydrazone groups is 1. The summed E-state index contributed by atoms with van der Waals surface area (Å²) in [7, 11) is 0. The van der Waals surface area contributed by atoms with Crippen molar-refractivity contribution < 1.29 is 14.7 Å². The third kappa shape index (κ3) is 2.18. The molecule has 0 aromatic heterocycles. The van der Waals surface area contributed by atoms with Gasteiger partial charge in [0.1, 0.15) is 0 Å². The molecule has 1 heterocycles. The average Bonchev–Trinajstić information content (AvgIpc) is 2.71. The van der Waals surface area contributed by atoms with Crippen LogP contribution in [0.2, 0.25) is 0 Å². The normalized spacial score (nSPS) is 15.0. The maximum Gasteiger partial charge on any atom is 0.335 e. The van der Waals surface area contributed by atoms with Gasteiger partial charge >= 0.3 is 5.97 Å². The SMILES string of the molecule is CCC1=NN(c2ccc(C(=O)O)cc2)C(=O)C1. The fraction of sp³-hybridized carbons (Fsp3) is 0.250. The molecule has 0 saturated heterocycles. The Morgan fingerprint density at radius 1 is 1.41 bits per heavy atom. The van der Waals surface area contributed by atoms with E-state index in [-0.39, 0.29) is 11.5 Å². The van der Waals surface area contributed by atoms with Crippen LogP contribution in [0.15, 0.2) is 29.4 Å². The molecule has 0 unspecified atom stereocenters. The molecule has 0 fully saturated rings. The summed E-state index contributed by atoms with van der Waals surface area (Å²) in [6.07, 6.45) is 1.09. The molecule has 2 rings (SSSR count). The van der Waals surface area contributed by atoms with E-state index in [0.717, 1.165) is 12.1 Å². The number of rotatable bonds is 3. The molecule has 0 saturated carbocycles. The van der Waals surface area contributed by atoms with Crippen molar-refractivity contribution in [3.63, 3.8) is 0 Å². The maximum atomic E-state index is 11.7. The monoisotopic (exact) mass is 232 g/mol. The van der Waals surface area contributed by atoms with E-state index in [2.05, 4.69) is 5.10 Å². The number of carbonyl (C=O) groups is 2. The molecule has 1 aromatic carbocycles. The largest absolute Gasteiger partial charge is 0.478 e. The third-order valence-corrected chi connectivity index (χ3v) is 2.60. The van der Waals surface area contributed by atoms with Crippen LogP contribution in [0, 0.1) is 0 Å². The molecule has 1 N–H and O–H groups in total. The van der Waals surface area contributed by atoms with Gasteiger partial charge in [-0.15, -0.1) is 0 Å². The van der Waals surface area contributed by atoms with Gasteiger partial charge in [0.05, 0.1) is 17.7 Å². The fourth-order valence-electron chi connectivity index (χ4n) is 1.62. The van der Waals surface area contributed by atoms with Gasteiger partial charge in [0.25, 0.3) is 5.91 Å². The summed E-state index contributed by atoms with van der Waals surface area (Å²) in [4.78, 5) is 22.3. The van der Waals surface area contributed by atoms with Gasteiger partial charge in [0.15, 0.2) is 0 Å². The fourth-order valence-corrected chi connectivity index (χ4v) is 1.62. The van der Waals surface area contributed by atoms with Crippen molar-refractivity contribution in [2.24, 2.45) is 5.10 Å². The lowest BCUT2D eigenvalue weighted by molar-refractivity contribution is -0.116. The number of benzene rings is 1. The molecule has 5 heteroatoms. The van der Waals surface area contributed by atoms with Crippen LogP contribution in [-0.2, 0) is 4.79 Å². The first-order valence-electron chi connectivity index (χ1n) is 5.34. The van der Waals surface area contributed by atoms with Gasteiger partial charge in [-0.2, -0.15) is 5.10 Å². The van der Waals surface area contributed by atoms with Crippen LogP contribution in [0.5, 0.6) is 0 Å². The zero-order valence-corrected chi connectivity index (χ0v) is 9.38. The molecule has 17 heavy (non-hydrogen) atoms. The van der Waals surface area contributed by atoms with Crippen LogP contribution < -0.4 is 5.01 Å². The Labute approximate surface area is 98.4 Å². The molecule has 0 bridgehead atoms. The highest BCUT2D eigenvalue weighted by Gasteiger charge is 2.23. The number of amides is 1. The van der Waals surface area contributed by atoms with Gasteiger partial charge < -0.3 is 5.11 Å². The van der Waals surface area contributed by atoms with Crippen molar-refractivity contribution in [1.29, 1.82) is 0 Å². The van der Waals surface area contributed by atoms with Crippen molar-refractivity contribution in [1.82, 2.24) is 0 Å². The number of aromatic carboxylic acids is 1. The van der Waals surface area contributed by atoms with E-state index in [9.17, 15) is 9.59 Å². The van der Waals surface area contributed by atoms with Gasteiger partial charge in [-0.3, -0.25) is 4.79 Å². The minimum absolute atomic E-state index is 0.0788. The summed E-state index contributed by atoms with van der Waals surface area (Å²) in [5.74, 6) is -1.06. The molecule has 1 amide bonds. The summed E-state index contributed by atoms with van der Waals surface area (Å²) >= 11 is 0. The highest BCUT2D eigenvalue weighted by molar-refractivity contribution is 6.12. The highest BCUT2D eigenvalue weighted by atomic mass is 16.4.